The van der Waals surface area contributed by atoms with E-state index < -0.39 is 24.0 Å². The monoisotopic (exact) mass is 246 g/mol. The number of hydrogen-bond donors (Lipinski definition) is 4. The van der Waals surface area contributed by atoms with Crippen molar-refractivity contribution in [3.05, 3.63) is 0 Å². The molecule has 0 spiro atoms. The third kappa shape index (κ3) is 3.95. The van der Waals surface area contributed by atoms with Crippen molar-refractivity contribution in [1.29, 1.82) is 0 Å². The standard InChI is InChI=1S/C10H18N2O5/c1-6(13)8(9(15)16)12-7(14)3-17-10(2)4-11-5-10/h6,8,11,13H,3-5H2,1-2H3,(H,12,14)(H,15,16). The second kappa shape index (κ2) is 5.44. The van der Waals surface area contributed by atoms with Crippen LogP contribution in [0.25, 0.3) is 0 Å². The summed E-state index contributed by atoms with van der Waals surface area (Å²) in [5, 5.41) is 23.1. The fourth-order valence-corrected chi connectivity index (χ4v) is 1.42. The van der Waals surface area contributed by atoms with Gasteiger partial charge in [0.2, 0.25) is 5.91 Å². The molecule has 7 nitrogen and oxygen atoms in total. The predicted octanol–water partition coefficient (Wildman–Crippen LogP) is -1.68. The number of nitrogens with one attached hydrogen (secondary N) is 2. The number of hydrogen-bond acceptors (Lipinski definition) is 5. The van der Waals surface area contributed by atoms with E-state index in [1.807, 2.05) is 6.92 Å². The molecular weight excluding hydrogens is 228 g/mol. The molecule has 0 aromatic heterocycles. The molecule has 1 aliphatic rings. The van der Waals surface area contributed by atoms with E-state index in [0.29, 0.717) is 13.1 Å². The Morgan fingerprint density at radius 2 is 2.12 bits per heavy atom. The number of rotatable bonds is 6. The van der Waals surface area contributed by atoms with Crippen LogP contribution in [0.1, 0.15) is 13.8 Å². The van der Waals surface area contributed by atoms with Crippen molar-refractivity contribution in [2.45, 2.75) is 31.6 Å². The van der Waals surface area contributed by atoms with Crippen molar-refractivity contribution in [3.63, 3.8) is 0 Å². The van der Waals surface area contributed by atoms with Crippen LogP contribution < -0.4 is 10.6 Å². The summed E-state index contributed by atoms with van der Waals surface area (Å²) in [5.74, 6) is -1.82. The highest BCUT2D eigenvalue weighted by molar-refractivity contribution is 5.84. The number of carboxylic acid groups (broad SMARTS) is 1. The van der Waals surface area contributed by atoms with Gasteiger partial charge in [0, 0.05) is 13.1 Å². The zero-order valence-electron chi connectivity index (χ0n) is 9.90. The number of aliphatic carboxylic acids is 1. The topological polar surface area (TPSA) is 108 Å². The molecule has 0 aliphatic carbocycles. The van der Waals surface area contributed by atoms with Crippen LogP contribution in [0.3, 0.4) is 0 Å². The van der Waals surface area contributed by atoms with Crippen LogP contribution in [0.2, 0.25) is 0 Å². The molecule has 1 amide bonds. The Labute approximate surface area is 99.1 Å². The highest BCUT2D eigenvalue weighted by Gasteiger charge is 2.33. The van der Waals surface area contributed by atoms with Crippen LogP contribution in [0, 0.1) is 0 Å². The number of aliphatic hydroxyl groups excluding tert-OH is 1. The smallest absolute Gasteiger partial charge is 0.328 e. The van der Waals surface area contributed by atoms with Crippen molar-refractivity contribution in [1.82, 2.24) is 10.6 Å². The summed E-state index contributed by atoms with van der Waals surface area (Å²) in [6.45, 7) is 4.28. The average molecular weight is 246 g/mol. The second-order valence-corrected chi connectivity index (χ2v) is 4.47. The van der Waals surface area contributed by atoms with Gasteiger partial charge < -0.3 is 25.6 Å². The molecule has 2 unspecified atom stereocenters. The van der Waals surface area contributed by atoms with Gasteiger partial charge in [-0.3, -0.25) is 4.79 Å². The Balaban J connectivity index is 2.34. The summed E-state index contributed by atoms with van der Waals surface area (Å²) in [5.41, 5.74) is -0.360. The van der Waals surface area contributed by atoms with E-state index in [1.165, 1.54) is 6.92 Å². The molecule has 0 radical (unpaired) electrons. The van der Waals surface area contributed by atoms with Crippen molar-refractivity contribution < 1.29 is 24.5 Å². The fraction of sp³-hybridized carbons (Fsp3) is 0.800. The lowest BCUT2D eigenvalue weighted by atomic mass is 10.0. The first-order valence-corrected chi connectivity index (χ1v) is 5.39. The van der Waals surface area contributed by atoms with E-state index >= 15 is 0 Å². The van der Waals surface area contributed by atoms with Gasteiger partial charge in [-0.2, -0.15) is 0 Å². The van der Waals surface area contributed by atoms with Gasteiger partial charge in [0.1, 0.15) is 6.61 Å². The Hall–Kier alpha value is -1.18. The van der Waals surface area contributed by atoms with E-state index in [2.05, 4.69) is 10.6 Å². The lowest BCUT2D eigenvalue weighted by molar-refractivity contribution is -0.147. The van der Waals surface area contributed by atoms with Crippen LogP contribution in [-0.4, -0.2) is 59.5 Å². The molecule has 17 heavy (non-hydrogen) atoms. The molecule has 1 fully saturated rings. The molecule has 1 rings (SSSR count). The maximum absolute atomic E-state index is 11.4. The van der Waals surface area contributed by atoms with Crippen molar-refractivity contribution in [2.24, 2.45) is 0 Å². The first-order chi connectivity index (χ1) is 7.84. The van der Waals surface area contributed by atoms with Gasteiger partial charge in [0.15, 0.2) is 6.04 Å². The Bertz CT molecular complexity index is 301. The molecule has 1 heterocycles. The summed E-state index contributed by atoms with van der Waals surface area (Å²) in [7, 11) is 0. The molecule has 0 saturated carbocycles. The van der Waals surface area contributed by atoms with E-state index in [9.17, 15) is 14.7 Å². The van der Waals surface area contributed by atoms with Gasteiger partial charge >= 0.3 is 5.97 Å². The summed E-state index contributed by atoms with van der Waals surface area (Å²) in [6, 6.07) is -1.31. The highest BCUT2D eigenvalue weighted by Crippen LogP contribution is 2.14. The summed E-state index contributed by atoms with van der Waals surface area (Å²) in [6.07, 6.45) is -1.16. The summed E-state index contributed by atoms with van der Waals surface area (Å²) >= 11 is 0. The molecule has 0 aromatic rings. The van der Waals surface area contributed by atoms with Crippen molar-refractivity contribution in [2.75, 3.05) is 19.7 Å². The van der Waals surface area contributed by atoms with Gasteiger partial charge in [0.25, 0.3) is 0 Å². The van der Waals surface area contributed by atoms with E-state index in [0.717, 1.165) is 0 Å². The molecule has 2 atom stereocenters. The van der Waals surface area contributed by atoms with Crippen LogP contribution in [0.4, 0.5) is 0 Å². The molecule has 0 bridgehead atoms. The molecule has 98 valence electrons. The summed E-state index contributed by atoms with van der Waals surface area (Å²) in [4.78, 5) is 22.1. The lowest BCUT2D eigenvalue weighted by Gasteiger charge is -2.38. The second-order valence-electron chi connectivity index (χ2n) is 4.47. The molecule has 4 N–H and O–H groups in total. The van der Waals surface area contributed by atoms with Crippen LogP contribution in [0.15, 0.2) is 0 Å². The van der Waals surface area contributed by atoms with Gasteiger partial charge in [0.05, 0.1) is 11.7 Å². The number of amides is 1. The highest BCUT2D eigenvalue weighted by atomic mass is 16.5. The molecule has 0 aromatic carbocycles. The van der Waals surface area contributed by atoms with Crippen LogP contribution in [0.5, 0.6) is 0 Å². The zero-order chi connectivity index (χ0) is 13.1. The molecular formula is C10H18N2O5. The quantitative estimate of drug-likeness (QED) is 0.445. The third-order valence-corrected chi connectivity index (χ3v) is 2.61. The Morgan fingerprint density at radius 1 is 1.53 bits per heavy atom. The van der Waals surface area contributed by atoms with Crippen LogP contribution >= 0.6 is 0 Å². The van der Waals surface area contributed by atoms with Crippen LogP contribution in [-0.2, 0) is 14.3 Å². The maximum atomic E-state index is 11.4. The van der Waals surface area contributed by atoms with Gasteiger partial charge in [-0.05, 0) is 13.8 Å². The minimum absolute atomic E-state index is 0.214. The van der Waals surface area contributed by atoms with E-state index in [1.54, 1.807) is 0 Å². The number of ether oxygens (including phenoxy) is 1. The largest absolute Gasteiger partial charge is 0.480 e. The zero-order valence-corrected chi connectivity index (χ0v) is 9.90. The lowest BCUT2D eigenvalue weighted by Crippen LogP contribution is -2.60. The minimum Gasteiger partial charge on any atom is -0.480 e. The fourth-order valence-electron chi connectivity index (χ4n) is 1.42. The Kier molecular flexibility index (Phi) is 4.44. The van der Waals surface area contributed by atoms with Gasteiger partial charge in [-0.1, -0.05) is 0 Å². The first kappa shape index (κ1) is 13.9. The minimum atomic E-state index is -1.31. The van der Waals surface area contributed by atoms with Gasteiger partial charge in [-0.15, -0.1) is 0 Å². The van der Waals surface area contributed by atoms with Crippen molar-refractivity contribution in [3.8, 4) is 0 Å². The molecule has 1 aliphatic heterocycles. The SMILES string of the molecule is CC(O)C(NC(=O)COC1(C)CNC1)C(=O)O. The maximum Gasteiger partial charge on any atom is 0.328 e. The molecule has 7 heteroatoms. The normalized spacial score (nSPS) is 21.1. The summed E-state index contributed by atoms with van der Waals surface area (Å²) < 4.78 is 5.34. The number of aliphatic hydroxyl groups is 1. The number of carboxylic acids is 1. The van der Waals surface area contributed by atoms with Crippen molar-refractivity contribution >= 4 is 11.9 Å². The molecule has 1 saturated heterocycles. The number of carbonyl (C=O) groups is 2. The van der Waals surface area contributed by atoms with E-state index in [-0.39, 0.29) is 12.2 Å². The predicted molar refractivity (Wildman–Crippen MR) is 58.5 cm³/mol. The Morgan fingerprint density at radius 3 is 2.47 bits per heavy atom. The van der Waals surface area contributed by atoms with Gasteiger partial charge in [-0.25, -0.2) is 4.79 Å². The average Bonchev–Trinajstić information content (AvgIpc) is 2.19. The number of carbonyl (C=O) groups excluding carboxylic acids is 1. The van der Waals surface area contributed by atoms with E-state index in [4.69, 9.17) is 9.84 Å². The first-order valence-electron chi connectivity index (χ1n) is 5.39. The third-order valence-electron chi connectivity index (χ3n) is 2.61.